The molecule has 6 heteroatoms. The fourth-order valence-electron chi connectivity index (χ4n) is 5.20. The summed E-state index contributed by atoms with van der Waals surface area (Å²) in [7, 11) is 1.67. The van der Waals surface area contributed by atoms with Crippen molar-refractivity contribution in [3.8, 4) is 11.5 Å². The molecule has 2 atom stereocenters. The Morgan fingerprint density at radius 3 is 2.48 bits per heavy atom. The van der Waals surface area contributed by atoms with Gasteiger partial charge in [-0.05, 0) is 105 Å². The van der Waals surface area contributed by atoms with Crippen LogP contribution in [-0.2, 0) is 4.79 Å². The van der Waals surface area contributed by atoms with Crippen molar-refractivity contribution in [1.29, 1.82) is 0 Å². The average molecular weight is 475 g/mol. The molecule has 0 aliphatic heterocycles. The highest BCUT2D eigenvalue weighted by atomic mass is 35.5. The van der Waals surface area contributed by atoms with E-state index in [2.05, 4.69) is 0 Å². The van der Waals surface area contributed by atoms with Crippen molar-refractivity contribution >= 4 is 17.6 Å². The summed E-state index contributed by atoms with van der Waals surface area (Å²) in [5.41, 5.74) is -0.430. The van der Waals surface area contributed by atoms with Crippen molar-refractivity contribution in [1.82, 2.24) is 0 Å². The van der Waals surface area contributed by atoms with Crippen molar-refractivity contribution < 1.29 is 23.8 Å². The van der Waals surface area contributed by atoms with E-state index in [1.165, 1.54) is 6.92 Å². The van der Waals surface area contributed by atoms with Gasteiger partial charge in [0.1, 0.15) is 11.5 Å². The maximum atomic E-state index is 15.1. The summed E-state index contributed by atoms with van der Waals surface area (Å²) < 4.78 is 26.5. The normalized spacial score (nSPS) is 23.4. The monoisotopic (exact) mass is 474 g/mol. The van der Waals surface area contributed by atoms with Crippen molar-refractivity contribution in [3.63, 3.8) is 0 Å². The van der Waals surface area contributed by atoms with Crippen molar-refractivity contribution in [2.24, 2.45) is 11.8 Å². The summed E-state index contributed by atoms with van der Waals surface area (Å²) in [5.74, 6) is 0.391. The van der Waals surface area contributed by atoms with Crippen LogP contribution >= 0.6 is 11.6 Å². The number of halogens is 2. The lowest BCUT2D eigenvalue weighted by Crippen LogP contribution is -2.38. The van der Waals surface area contributed by atoms with Crippen molar-refractivity contribution in [2.45, 2.75) is 63.0 Å². The van der Waals surface area contributed by atoms with Gasteiger partial charge < -0.3 is 14.6 Å². The van der Waals surface area contributed by atoms with Gasteiger partial charge in [-0.2, -0.15) is 0 Å². The molecule has 0 saturated heterocycles. The second-order valence-electron chi connectivity index (χ2n) is 9.68. The Morgan fingerprint density at radius 2 is 1.85 bits per heavy atom. The van der Waals surface area contributed by atoms with Crippen LogP contribution in [0.5, 0.6) is 11.5 Å². The van der Waals surface area contributed by atoms with E-state index in [4.69, 9.17) is 21.1 Å². The summed E-state index contributed by atoms with van der Waals surface area (Å²) in [6.07, 6.45) is 5.91. The molecule has 0 amide bonds. The molecule has 0 heterocycles. The SMILES string of the molecule is COc1ccc(Cl)c(C2CCC(COc3cccc([C@H](C4CC4)[C@@](C)(F)C(=O)O)c3)CC2)c1. The molecule has 33 heavy (non-hydrogen) atoms. The van der Waals surface area contributed by atoms with Crippen LogP contribution in [0.25, 0.3) is 0 Å². The molecular weight excluding hydrogens is 443 g/mol. The molecule has 4 rings (SSSR count). The number of alkyl halides is 1. The fraction of sp³-hybridized carbons (Fsp3) is 0.519. The molecule has 2 aromatic rings. The largest absolute Gasteiger partial charge is 0.497 e. The zero-order valence-corrected chi connectivity index (χ0v) is 20.0. The second-order valence-corrected chi connectivity index (χ2v) is 10.1. The Labute approximate surface area is 200 Å². The summed E-state index contributed by atoms with van der Waals surface area (Å²) >= 11 is 6.44. The topological polar surface area (TPSA) is 55.8 Å². The maximum absolute atomic E-state index is 15.1. The number of aliphatic carboxylic acids is 1. The van der Waals surface area contributed by atoms with E-state index in [1.54, 1.807) is 7.11 Å². The van der Waals surface area contributed by atoms with Crippen LogP contribution in [0.3, 0.4) is 0 Å². The first-order chi connectivity index (χ1) is 15.8. The molecule has 0 radical (unpaired) electrons. The first kappa shape index (κ1) is 23.9. The number of methoxy groups -OCH3 is 1. The van der Waals surface area contributed by atoms with Gasteiger partial charge in [0, 0.05) is 10.9 Å². The molecule has 0 aromatic heterocycles. The van der Waals surface area contributed by atoms with E-state index < -0.39 is 17.6 Å². The molecule has 2 aromatic carbocycles. The van der Waals surface area contributed by atoms with Gasteiger partial charge in [-0.15, -0.1) is 0 Å². The molecule has 2 aliphatic rings. The number of hydrogen-bond acceptors (Lipinski definition) is 3. The van der Waals surface area contributed by atoms with Crippen LogP contribution in [0.15, 0.2) is 42.5 Å². The van der Waals surface area contributed by atoms with Crippen LogP contribution < -0.4 is 9.47 Å². The van der Waals surface area contributed by atoms with Gasteiger partial charge in [-0.1, -0.05) is 23.7 Å². The lowest BCUT2D eigenvalue weighted by molar-refractivity contribution is -0.151. The quantitative estimate of drug-likeness (QED) is 0.424. The molecule has 0 bridgehead atoms. The highest BCUT2D eigenvalue weighted by Crippen LogP contribution is 2.50. The van der Waals surface area contributed by atoms with E-state index in [-0.39, 0.29) is 5.92 Å². The van der Waals surface area contributed by atoms with Crippen LogP contribution in [0, 0.1) is 11.8 Å². The third-order valence-corrected chi connectivity index (χ3v) is 7.63. The zero-order chi connectivity index (χ0) is 23.6. The van der Waals surface area contributed by atoms with Crippen LogP contribution in [0.2, 0.25) is 5.02 Å². The smallest absolute Gasteiger partial charge is 0.341 e. The average Bonchev–Trinajstić information content (AvgIpc) is 3.63. The number of hydrogen-bond donors (Lipinski definition) is 1. The van der Waals surface area contributed by atoms with Gasteiger partial charge in [0.25, 0.3) is 0 Å². The molecular formula is C27H32ClFO4. The Kier molecular flexibility index (Phi) is 7.18. The number of benzene rings is 2. The van der Waals surface area contributed by atoms with Crippen LogP contribution in [0.1, 0.15) is 68.4 Å². The van der Waals surface area contributed by atoms with E-state index in [0.717, 1.165) is 54.9 Å². The predicted molar refractivity (Wildman–Crippen MR) is 127 cm³/mol. The van der Waals surface area contributed by atoms with Gasteiger partial charge in [0.15, 0.2) is 0 Å². The Balaban J connectivity index is 1.36. The minimum Gasteiger partial charge on any atom is -0.497 e. The number of carbonyl (C=O) groups is 1. The first-order valence-electron chi connectivity index (χ1n) is 11.8. The highest BCUT2D eigenvalue weighted by Gasteiger charge is 2.50. The molecule has 0 unspecified atom stereocenters. The fourth-order valence-corrected chi connectivity index (χ4v) is 5.48. The standard InChI is InChI=1S/C27H32ClFO4/c1-27(29,26(30)31)25(19-10-11-19)20-4-3-5-22(14-20)33-16-17-6-8-18(9-7-17)23-15-21(32-2)12-13-24(23)28/h3-5,12-15,17-19,25H,6-11,16H2,1-2H3,(H,30,31)/t17?,18?,25-,27+/m0/s1. The third kappa shape index (κ3) is 5.46. The number of rotatable bonds is 9. The van der Waals surface area contributed by atoms with Gasteiger partial charge in [0.2, 0.25) is 5.67 Å². The molecule has 4 nitrogen and oxygen atoms in total. The molecule has 2 saturated carbocycles. The summed E-state index contributed by atoms with van der Waals surface area (Å²) in [6, 6.07) is 13.2. The van der Waals surface area contributed by atoms with Gasteiger partial charge in [-0.3, -0.25) is 0 Å². The minimum atomic E-state index is -2.29. The maximum Gasteiger partial charge on any atom is 0.341 e. The van der Waals surface area contributed by atoms with E-state index >= 15 is 4.39 Å². The minimum absolute atomic E-state index is 0.0741. The summed E-state index contributed by atoms with van der Waals surface area (Å²) in [5, 5.41) is 10.2. The van der Waals surface area contributed by atoms with E-state index in [1.807, 2.05) is 42.5 Å². The van der Waals surface area contributed by atoms with Crippen molar-refractivity contribution in [2.75, 3.05) is 13.7 Å². The molecule has 2 aliphatic carbocycles. The number of ether oxygens (including phenoxy) is 2. The van der Waals surface area contributed by atoms with Gasteiger partial charge in [0.05, 0.1) is 13.7 Å². The first-order valence-corrected chi connectivity index (χ1v) is 12.2. The lowest BCUT2D eigenvalue weighted by Gasteiger charge is -2.30. The van der Waals surface area contributed by atoms with E-state index in [0.29, 0.717) is 29.8 Å². The van der Waals surface area contributed by atoms with E-state index in [9.17, 15) is 9.90 Å². The molecule has 1 N–H and O–H groups in total. The predicted octanol–water partition coefficient (Wildman–Crippen LogP) is 7.01. The van der Waals surface area contributed by atoms with Crippen molar-refractivity contribution in [3.05, 3.63) is 58.6 Å². The van der Waals surface area contributed by atoms with Crippen LogP contribution in [0.4, 0.5) is 4.39 Å². The molecule has 178 valence electrons. The molecule has 2 fully saturated rings. The van der Waals surface area contributed by atoms with Gasteiger partial charge in [-0.25, -0.2) is 9.18 Å². The second kappa shape index (κ2) is 9.92. The van der Waals surface area contributed by atoms with Crippen LogP contribution in [-0.4, -0.2) is 30.5 Å². The highest BCUT2D eigenvalue weighted by molar-refractivity contribution is 6.31. The number of carboxylic acids is 1. The molecule has 0 spiro atoms. The Hall–Kier alpha value is -2.27. The summed E-state index contributed by atoms with van der Waals surface area (Å²) in [4.78, 5) is 11.5. The number of carboxylic acid groups (broad SMARTS) is 1. The van der Waals surface area contributed by atoms with Gasteiger partial charge >= 0.3 is 5.97 Å². The Morgan fingerprint density at radius 1 is 1.12 bits per heavy atom. The Bertz CT molecular complexity index is 980. The lowest BCUT2D eigenvalue weighted by atomic mass is 9.79. The third-order valence-electron chi connectivity index (χ3n) is 7.29. The zero-order valence-electron chi connectivity index (χ0n) is 19.2. The summed E-state index contributed by atoms with van der Waals surface area (Å²) in [6.45, 7) is 1.78.